The number of piperidine rings is 1. The number of aromatic nitrogens is 5. The van der Waals surface area contributed by atoms with E-state index in [1.165, 1.54) is 0 Å². The number of pyridine rings is 2. The van der Waals surface area contributed by atoms with Crippen LogP contribution >= 0.6 is 11.6 Å². The third-order valence-electron chi connectivity index (χ3n) is 7.55. The predicted molar refractivity (Wildman–Crippen MR) is 142 cm³/mol. The molecule has 182 valence electrons. The van der Waals surface area contributed by atoms with E-state index in [9.17, 15) is 0 Å². The summed E-state index contributed by atoms with van der Waals surface area (Å²) in [6, 6.07) is 9.98. The van der Waals surface area contributed by atoms with Crippen molar-refractivity contribution in [3.8, 4) is 11.8 Å². The summed E-state index contributed by atoms with van der Waals surface area (Å²) < 4.78 is 6.15. The van der Waals surface area contributed by atoms with E-state index >= 15 is 0 Å². The van der Waals surface area contributed by atoms with Gasteiger partial charge in [0.2, 0.25) is 0 Å². The summed E-state index contributed by atoms with van der Waals surface area (Å²) in [5.74, 6) is 1.36. The lowest BCUT2D eigenvalue weighted by atomic mass is 9.94. The molecule has 4 N–H and O–H groups in total. The van der Waals surface area contributed by atoms with E-state index in [0.717, 1.165) is 71.2 Å². The highest BCUT2D eigenvalue weighted by Gasteiger charge is 2.54. The van der Waals surface area contributed by atoms with E-state index in [1.807, 2.05) is 37.4 Å². The number of hydrogen-bond donors (Lipinski definition) is 3. The van der Waals surface area contributed by atoms with Crippen molar-refractivity contribution >= 4 is 56.1 Å². The molecule has 9 nitrogen and oxygen atoms in total. The second-order valence-electron chi connectivity index (χ2n) is 9.82. The lowest BCUT2D eigenvalue weighted by molar-refractivity contribution is 0.379. The Morgan fingerprint density at radius 3 is 2.94 bits per heavy atom. The molecule has 1 aromatic carbocycles. The van der Waals surface area contributed by atoms with Gasteiger partial charge in [-0.05, 0) is 43.5 Å². The fourth-order valence-corrected chi connectivity index (χ4v) is 5.80. The topological polar surface area (TPSA) is 118 Å². The molecule has 36 heavy (non-hydrogen) atoms. The maximum absolute atomic E-state index is 6.50. The minimum Gasteiger partial charge on any atom is -0.422 e. The first-order valence-electron chi connectivity index (χ1n) is 12.1. The molecule has 4 aromatic heterocycles. The first kappa shape index (κ1) is 21.6. The number of nitrogens with one attached hydrogen (secondary N) is 2. The van der Waals surface area contributed by atoms with Crippen LogP contribution in [0.1, 0.15) is 19.3 Å². The first-order chi connectivity index (χ1) is 17.5. The number of ether oxygens (including phenoxy) is 1. The smallest absolute Gasteiger partial charge is 0.326 e. The number of anilines is 2. The molecule has 2 aliphatic rings. The molecule has 10 heteroatoms. The van der Waals surface area contributed by atoms with Crippen molar-refractivity contribution in [2.75, 3.05) is 30.4 Å². The van der Waals surface area contributed by atoms with Crippen LogP contribution in [0.5, 0.6) is 11.8 Å². The van der Waals surface area contributed by atoms with Crippen LogP contribution in [0.2, 0.25) is 5.02 Å². The second kappa shape index (κ2) is 7.91. The lowest BCUT2D eigenvalue weighted by Crippen LogP contribution is -2.39. The first-order valence-corrected chi connectivity index (χ1v) is 12.5. The number of H-pyrrole nitrogens is 1. The Bertz CT molecular complexity index is 1650. The molecular formula is C26H25ClN8O. The van der Waals surface area contributed by atoms with Crippen LogP contribution in [0.15, 0.2) is 42.7 Å². The Balaban J connectivity index is 1.39. The normalized spacial score (nSPS) is 21.5. The monoisotopic (exact) mass is 500 g/mol. The Hall–Kier alpha value is -3.69. The minimum atomic E-state index is 0.171. The van der Waals surface area contributed by atoms with Gasteiger partial charge in [0.25, 0.3) is 0 Å². The lowest BCUT2D eigenvalue weighted by Gasteiger charge is -2.34. The van der Waals surface area contributed by atoms with Crippen molar-refractivity contribution in [1.82, 2.24) is 24.9 Å². The fourth-order valence-electron chi connectivity index (χ4n) is 5.58. The number of nitrogens with two attached hydrogens (primary N) is 1. The molecule has 0 bridgehead atoms. The van der Waals surface area contributed by atoms with Crippen LogP contribution in [0.4, 0.5) is 11.5 Å². The van der Waals surface area contributed by atoms with Crippen molar-refractivity contribution in [2.45, 2.75) is 25.3 Å². The maximum atomic E-state index is 6.50. The largest absolute Gasteiger partial charge is 0.422 e. The molecule has 2 unspecified atom stereocenters. The van der Waals surface area contributed by atoms with Crippen LogP contribution < -0.4 is 20.7 Å². The molecule has 7 rings (SSSR count). The summed E-state index contributed by atoms with van der Waals surface area (Å²) >= 11 is 6.50. The zero-order valence-electron chi connectivity index (χ0n) is 19.8. The van der Waals surface area contributed by atoms with Gasteiger partial charge in [-0.15, -0.1) is 0 Å². The summed E-state index contributed by atoms with van der Waals surface area (Å²) in [7, 11) is 1.88. The van der Waals surface area contributed by atoms with Gasteiger partial charge in [0.05, 0.1) is 33.8 Å². The van der Waals surface area contributed by atoms with Crippen molar-refractivity contribution in [3.63, 3.8) is 0 Å². The van der Waals surface area contributed by atoms with Gasteiger partial charge < -0.3 is 25.7 Å². The van der Waals surface area contributed by atoms with Gasteiger partial charge in [0.15, 0.2) is 5.75 Å². The Labute approximate surface area is 212 Å². The number of benzene rings is 1. The maximum Gasteiger partial charge on any atom is 0.326 e. The third-order valence-corrected chi connectivity index (χ3v) is 7.77. The van der Waals surface area contributed by atoms with E-state index in [1.54, 1.807) is 12.4 Å². The molecule has 0 amide bonds. The molecule has 1 aliphatic carbocycles. The zero-order chi connectivity index (χ0) is 24.4. The Kier molecular flexibility index (Phi) is 4.74. The van der Waals surface area contributed by atoms with Gasteiger partial charge in [-0.25, -0.2) is 0 Å². The summed E-state index contributed by atoms with van der Waals surface area (Å²) in [4.78, 5) is 24.3. The zero-order valence-corrected chi connectivity index (χ0v) is 20.5. The average molecular weight is 501 g/mol. The predicted octanol–water partition coefficient (Wildman–Crippen LogP) is 4.86. The van der Waals surface area contributed by atoms with Crippen molar-refractivity contribution in [3.05, 3.63) is 47.7 Å². The quantitative estimate of drug-likeness (QED) is 0.320. The summed E-state index contributed by atoms with van der Waals surface area (Å²) in [5, 5.41) is 5.78. The molecule has 1 saturated carbocycles. The number of nitrogens with zero attached hydrogens (tertiary/aromatic N) is 5. The number of rotatable bonds is 4. The molecule has 5 heterocycles. The number of hydrogen-bond acceptors (Lipinski definition) is 8. The van der Waals surface area contributed by atoms with E-state index in [-0.39, 0.29) is 17.5 Å². The second-order valence-corrected chi connectivity index (χ2v) is 10.3. The van der Waals surface area contributed by atoms with Crippen molar-refractivity contribution in [1.29, 1.82) is 0 Å². The highest BCUT2D eigenvalue weighted by Crippen LogP contribution is 2.52. The summed E-state index contributed by atoms with van der Waals surface area (Å²) in [6.07, 6.45) is 6.68. The van der Waals surface area contributed by atoms with Crippen LogP contribution in [0, 0.1) is 5.41 Å². The average Bonchev–Trinajstić information content (AvgIpc) is 3.33. The SMILES string of the molecule is CNc1cc(Cl)cc2c1[nH]c1nc(Oc3cnc4cccnc4c3)nc(N3CCCC4(CC4N)C3)c12. The molecule has 2 atom stereocenters. The third kappa shape index (κ3) is 3.42. The van der Waals surface area contributed by atoms with Crippen molar-refractivity contribution in [2.24, 2.45) is 11.1 Å². The van der Waals surface area contributed by atoms with Gasteiger partial charge >= 0.3 is 6.01 Å². The van der Waals surface area contributed by atoms with E-state index < -0.39 is 0 Å². The van der Waals surface area contributed by atoms with E-state index in [2.05, 4.69) is 25.2 Å². The molecular weight excluding hydrogens is 476 g/mol. The Morgan fingerprint density at radius 2 is 2.11 bits per heavy atom. The summed E-state index contributed by atoms with van der Waals surface area (Å²) in [5.41, 5.74) is 10.6. The summed E-state index contributed by atoms with van der Waals surface area (Å²) in [6.45, 7) is 1.76. The van der Waals surface area contributed by atoms with E-state index in [4.69, 9.17) is 32.0 Å². The number of fused-ring (bicyclic) bond motifs is 4. The molecule has 5 aromatic rings. The van der Waals surface area contributed by atoms with Gasteiger partial charge in [0, 0.05) is 54.3 Å². The van der Waals surface area contributed by atoms with Crippen LogP contribution in [-0.2, 0) is 0 Å². The standard InChI is InChI=1S/C26H25ClN8O/c1-29-19-9-14(27)8-16-21-23(32-22(16)19)33-25(36-15-10-18-17(31-12-15)4-2-6-30-18)34-24(21)35-7-3-5-26(13-35)11-20(26)28/h2,4,6,8-10,12,20,29H,3,5,7,11,13,28H2,1H3,(H,32,33,34). The molecule has 0 radical (unpaired) electrons. The molecule has 1 aliphatic heterocycles. The van der Waals surface area contributed by atoms with Gasteiger partial charge in [-0.3, -0.25) is 9.97 Å². The van der Waals surface area contributed by atoms with Crippen LogP contribution in [0.25, 0.3) is 33.0 Å². The highest BCUT2D eigenvalue weighted by molar-refractivity contribution is 6.32. The molecule has 1 spiro atoms. The molecule has 2 fully saturated rings. The Morgan fingerprint density at radius 1 is 1.22 bits per heavy atom. The number of halogens is 1. The fraction of sp³-hybridized carbons (Fsp3) is 0.308. The molecule has 1 saturated heterocycles. The highest BCUT2D eigenvalue weighted by atomic mass is 35.5. The van der Waals surface area contributed by atoms with E-state index in [0.29, 0.717) is 16.4 Å². The van der Waals surface area contributed by atoms with Crippen LogP contribution in [-0.4, -0.2) is 51.1 Å². The van der Waals surface area contributed by atoms with Gasteiger partial charge in [-0.1, -0.05) is 11.6 Å². The van der Waals surface area contributed by atoms with Crippen LogP contribution in [0.3, 0.4) is 0 Å². The van der Waals surface area contributed by atoms with Gasteiger partial charge in [-0.2, -0.15) is 9.97 Å². The van der Waals surface area contributed by atoms with Crippen molar-refractivity contribution < 1.29 is 4.74 Å². The number of aromatic amines is 1. The van der Waals surface area contributed by atoms with Gasteiger partial charge in [0.1, 0.15) is 11.5 Å². The minimum absolute atomic E-state index is 0.171.